The van der Waals surface area contributed by atoms with Crippen molar-refractivity contribution >= 4 is 21.8 Å². The monoisotopic (exact) mass is 381 g/mol. The van der Waals surface area contributed by atoms with E-state index < -0.39 is 10.0 Å². The molecule has 1 aromatic heterocycles. The van der Waals surface area contributed by atoms with Crippen molar-refractivity contribution in [1.82, 2.24) is 4.72 Å². The number of sulfonamides is 1. The molecule has 2 aromatic rings. The van der Waals surface area contributed by atoms with Crippen molar-refractivity contribution in [3.8, 4) is 5.75 Å². The van der Waals surface area contributed by atoms with E-state index in [9.17, 15) is 8.42 Å². The zero-order valence-corrected chi connectivity index (χ0v) is 15.9. The van der Waals surface area contributed by atoms with E-state index in [2.05, 4.69) is 4.72 Å². The van der Waals surface area contributed by atoms with Crippen LogP contribution in [0.3, 0.4) is 0 Å². The molecule has 1 aliphatic carbocycles. The Morgan fingerprint density at radius 1 is 1.24 bits per heavy atom. The third kappa shape index (κ3) is 4.59. The molecule has 7 heteroatoms. The molecule has 0 atom stereocenters. The smallest absolute Gasteiger partial charge is 0.244 e. The van der Waals surface area contributed by atoms with E-state index >= 15 is 0 Å². The van der Waals surface area contributed by atoms with Gasteiger partial charge in [0.2, 0.25) is 10.0 Å². The van der Waals surface area contributed by atoms with Crippen LogP contribution in [0, 0.1) is 0 Å². The van der Waals surface area contributed by atoms with Crippen molar-refractivity contribution in [2.45, 2.75) is 36.3 Å². The van der Waals surface area contributed by atoms with E-state index in [0.29, 0.717) is 18.0 Å². The van der Waals surface area contributed by atoms with Crippen LogP contribution in [-0.4, -0.2) is 27.8 Å². The summed E-state index contributed by atoms with van der Waals surface area (Å²) in [5, 5.41) is 0. The van der Waals surface area contributed by atoms with Gasteiger partial charge < -0.3 is 9.15 Å². The van der Waals surface area contributed by atoms with Gasteiger partial charge in [0, 0.05) is 12.3 Å². The maximum atomic E-state index is 12.7. The molecule has 25 heavy (non-hydrogen) atoms. The molecule has 1 heterocycles. The number of ether oxygens (including phenoxy) is 1. The van der Waals surface area contributed by atoms with Crippen LogP contribution in [0.1, 0.15) is 29.7 Å². The minimum Gasteiger partial charge on any atom is -0.495 e. The highest BCUT2D eigenvalue weighted by Gasteiger charge is 2.22. The van der Waals surface area contributed by atoms with E-state index in [-0.39, 0.29) is 4.90 Å². The third-order valence-corrected chi connectivity index (χ3v) is 6.74. The van der Waals surface area contributed by atoms with Gasteiger partial charge in [0.25, 0.3) is 0 Å². The second-order valence-corrected chi connectivity index (χ2v) is 8.85. The number of aryl methyl sites for hydroxylation is 2. The van der Waals surface area contributed by atoms with Gasteiger partial charge in [-0.1, -0.05) is 0 Å². The second-order valence-electron chi connectivity index (χ2n) is 6.01. The molecule has 0 unspecified atom stereocenters. The van der Waals surface area contributed by atoms with E-state index in [0.717, 1.165) is 42.8 Å². The van der Waals surface area contributed by atoms with Gasteiger partial charge in [-0.25, -0.2) is 13.1 Å². The first-order valence-electron chi connectivity index (χ1n) is 8.40. The van der Waals surface area contributed by atoms with Gasteiger partial charge in [0.05, 0.1) is 19.1 Å². The molecule has 136 valence electrons. The number of benzene rings is 1. The van der Waals surface area contributed by atoms with Crippen LogP contribution < -0.4 is 9.46 Å². The summed E-state index contributed by atoms with van der Waals surface area (Å²) in [7, 11) is -2.07. The molecule has 0 radical (unpaired) electrons. The Bertz CT molecular complexity index is 801. The number of thioether (sulfide) groups is 1. The molecule has 5 nitrogen and oxygen atoms in total. The number of nitrogens with one attached hydrogen (secondary N) is 1. The Balaban J connectivity index is 1.63. The summed E-state index contributed by atoms with van der Waals surface area (Å²) in [6.45, 7) is 0.369. The van der Waals surface area contributed by atoms with Crippen molar-refractivity contribution in [3.63, 3.8) is 0 Å². The van der Waals surface area contributed by atoms with Crippen molar-refractivity contribution in [3.05, 3.63) is 47.4 Å². The molecule has 0 aliphatic heterocycles. The number of fused-ring (bicyclic) bond motifs is 1. The topological polar surface area (TPSA) is 68.5 Å². The predicted molar refractivity (Wildman–Crippen MR) is 99.7 cm³/mol. The fourth-order valence-electron chi connectivity index (χ4n) is 3.00. The zero-order chi connectivity index (χ0) is 17.7. The molecule has 1 aromatic carbocycles. The summed E-state index contributed by atoms with van der Waals surface area (Å²) in [5.41, 5.74) is 2.33. The summed E-state index contributed by atoms with van der Waals surface area (Å²) in [4.78, 5) is 0.242. The van der Waals surface area contributed by atoms with Crippen molar-refractivity contribution in [2.75, 3.05) is 19.4 Å². The standard InChI is InChI=1S/C18H23NO4S2/c1-22-17-11-14-5-2-3-6-15(14)12-18(17)25(20,21)19-8-10-24-13-16-7-4-9-23-16/h4,7,9,11-12,19H,2-3,5-6,8,10,13H2,1H3. The van der Waals surface area contributed by atoms with Gasteiger partial charge in [0.15, 0.2) is 0 Å². The summed E-state index contributed by atoms with van der Waals surface area (Å²) in [6, 6.07) is 7.43. The average Bonchev–Trinajstić information content (AvgIpc) is 3.13. The lowest BCUT2D eigenvalue weighted by molar-refractivity contribution is 0.401. The molecular formula is C18H23NO4S2. The Morgan fingerprint density at radius 2 is 2.00 bits per heavy atom. The van der Waals surface area contributed by atoms with E-state index in [1.165, 1.54) is 12.7 Å². The highest BCUT2D eigenvalue weighted by atomic mass is 32.2. The number of hydrogen-bond acceptors (Lipinski definition) is 5. The highest BCUT2D eigenvalue weighted by molar-refractivity contribution is 7.98. The van der Waals surface area contributed by atoms with Gasteiger partial charge in [-0.2, -0.15) is 11.8 Å². The summed E-state index contributed by atoms with van der Waals surface area (Å²) in [5.74, 6) is 2.73. The first-order valence-corrected chi connectivity index (χ1v) is 11.0. The summed E-state index contributed by atoms with van der Waals surface area (Å²) < 4.78 is 38.6. The second kappa shape index (κ2) is 8.29. The van der Waals surface area contributed by atoms with Crippen molar-refractivity contribution < 1.29 is 17.6 Å². The van der Waals surface area contributed by atoms with Crippen molar-refractivity contribution in [2.24, 2.45) is 0 Å². The maximum Gasteiger partial charge on any atom is 0.244 e. The molecular weight excluding hydrogens is 358 g/mol. The Labute approximate surface area is 153 Å². The lowest BCUT2D eigenvalue weighted by atomic mass is 9.92. The van der Waals surface area contributed by atoms with Gasteiger partial charge in [0.1, 0.15) is 16.4 Å². The number of furan rings is 1. The van der Waals surface area contributed by atoms with E-state index in [4.69, 9.17) is 9.15 Å². The number of hydrogen-bond donors (Lipinski definition) is 1. The van der Waals surface area contributed by atoms with Crippen LogP contribution in [-0.2, 0) is 28.6 Å². The fraction of sp³-hybridized carbons (Fsp3) is 0.444. The lowest BCUT2D eigenvalue weighted by Gasteiger charge is -2.19. The van der Waals surface area contributed by atoms with Crippen LogP contribution in [0.5, 0.6) is 5.75 Å². The van der Waals surface area contributed by atoms with Crippen LogP contribution in [0.25, 0.3) is 0 Å². The number of rotatable bonds is 8. The predicted octanol–water partition coefficient (Wildman–Crippen LogP) is 3.38. The molecule has 0 amide bonds. The highest BCUT2D eigenvalue weighted by Crippen LogP contribution is 2.31. The molecule has 3 rings (SSSR count). The van der Waals surface area contributed by atoms with Crippen LogP contribution in [0.2, 0.25) is 0 Å². The fourth-order valence-corrected chi connectivity index (χ4v) is 5.12. The first kappa shape index (κ1) is 18.4. The van der Waals surface area contributed by atoms with Gasteiger partial charge in [-0.3, -0.25) is 0 Å². The van der Waals surface area contributed by atoms with Crippen LogP contribution >= 0.6 is 11.8 Å². The summed E-state index contributed by atoms with van der Waals surface area (Å²) >= 11 is 1.63. The first-order chi connectivity index (χ1) is 12.1. The lowest BCUT2D eigenvalue weighted by Crippen LogP contribution is -2.27. The molecule has 0 fully saturated rings. The van der Waals surface area contributed by atoms with E-state index in [1.54, 1.807) is 24.1 Å². The molecule has 1 N–H and O–H groups in total. The minimum atomic E-state index is -3.58. The van der Waals surface area contributed by atoms with Crippen LogP contribution in [0.15, 0.2) is 39.8 Å². The quantitative estimate of drug-likeness (QED) is 0.710. The normalized spacial score (nSPS) is 14.3. The molecule has 1 aliphatic rings. The minimum absolute atomic E-state index is 0.242. The Morgan fingerprint density at radius 3 is 2.68 bits per heavy atom. The van der Waals surface area contributed by atoms with E-state index in [1.807, 2.05) is 18.2 Å². The molecule has 0 spiro atoms. The Hall–Kier alpha value is -1.44. The van der Waals surface area contributed by atoms with Gasteiger partial charge in [-0.15, -0.1) is 0 Å². The molecule has 0 bridgehead atoms. The SMILES string of the molecule is COc1cc2c(cc1S(=O)(=O)NCCSCc1ccco1)CCCC2. The number of methoxy groups -OCH3 is 1. The zero-order valence-electron chi connectivity index (χ0n) is 14.3. The third-order valence-electron chi connectivity index (χ3n) is 4.28. The summed E-state index contributed by atoms with van der Waals surface area (Å²) in [6.07, 6.45) is 5.81. The largest absolute Gasteiger partial charge is 0.495 e. The average molecular weight is 382 g/mol. The Kier molecular flexibility index (Phi) is 6.09. The van der Waals surface area contributed by atoms with Crippen molar-refractivity contribution in [1.29, 1.82) is 0 Å². The maximum absolute atomic E-state index is 12.7. The molecule has 0 saturated carbocycles. The van der Waals surface area contributed by atoms with Gasteiger partial charge >= 0.3 is 0 Å². The van der Waals surface area contributed by atoms with Crippen LogP contribution in [0.4, 0.5) is 0 Å². The molecule has 0 saturated heterocycles. The van der Waals surface area contributed by atoms with Gasteiger partial charge in [-0.05, 0) is 61.1 Å².